The lowest BCUT2D eigenvalue weighted by atomic mass is 9.93. The van der Waals surface area contributed by atoms with Gasteiger partial charge in [-0.2, -0.15) is 0 Å². The molecule has 128 heavy (non-hydrogen) atoms. The molecule has 56 nitrogen and oxygen atoms in total. The van der Waals surface area contributed by atoms with E-state index >= 15 is 0 Å². The molecule has 742 valence electrons. The van der Waals surface area contributed by atoms with Gasteiger partial charge in [-0.15, -0.1) is 0 Å². The molecular formula is C72H121N3O53. The molecule has 0 aromatic heterocycles. The number of hydrogen-bond acceptors (Lipinski definition) is 53. The molecule has 11 saturated heterocycles. The van der Waals surface area contributed by atoms with Crippen LogP contribution in [0.25, 0.3) is 0 Å². The van der Waals surface area contributed by atoms with E-state index in [1.165, 1.54) is 20.8 Å². The van der Waals surface area contributed by atoms with Gasteiger partial charge < -0.3 is 264 Å². The molecule has 0 bridgehead atoms. The maximum atomic E-state index is 13.7. The summed E-state index contributed by atoms with van der Waals surface area (Å²) in [6.07, 6.45) is -107. The first kappa shape index (κ1) is 105. The lowest BCUT2D eigenvalue weighted by molar-refractivity contribution is -0.401. The van der Waals surface area contributed by atoms with Gasteiger partial charge in [-0.3, -0.25) is 14.4 Å². The zero-order valence-corrected chi connectivity index (χ0v) is 69.2. The van der Waals surface area contributed by atoms with E-state index < -0.39 is 408 Å². The van der Waals surface area contributed by atoms with Crippen LogP contribution in [0, 0.1) is 0 Å². The molecule has 0 aromatic rings. The van der Waals surface area contributed by atoms with Crippen LogP contribution in [-0.4, -0.2) is 556 Å². The fraction of sp³-hybridized carbons (Fsp3) is 0.958. The van der Waals surface area contributed by atoms with E-state index in [9.17, 15) is 162 Å². The molecule has 32 N–H and O–H groups in total. The van der Waals surface area contributed by atoms with Crippen LogP contribution in [0.4, 0.5) is 0 Å². The minimum Gasteiger partial charge on any atom is -0.394 e. The van der Waals surface area contributed by atoms with Crippen LogP contribution in [0.2, 0.25) is 0 Å². The summed E-state index contributed by atoms with van der Waals surface area (Å²) in [5.74, 6) is -3.01. The SMILES string of the molecule is CC(=O)N[C@H]1[C@H](OC[C@H]2O[C@@H](O[C@H]3[C@H](O)[C@@H](O)C(O)O[C@@H]3CO)[C@H](O)[C@@H](O[C@@H]3O[C@H](CO)[C@@H](O[C@@H]4O[C@@H](C)[C@@H](O)[C@@H](O)[C@@H]4O)[C@H](O[C@@H]4O[C@H](CO)[C@H](O)[C@H](O)[C@H]4O[C@@H]4O[C@@H](C)[C@@H](O)[C@@H](O)[C@@H]4O)[C@H]3NC(C)=O)[C@H]2O)O[C@H](CO)[C@@H](O[C@@H]2O[C@H](CO)[C@H](O)[C@H](O[C@@H]3O[C@H](CO)[C@@H](O)[C@H](O[C@@H]4O[C@H](CO)[C@H](O)[C@H](O)[C@H]4O[C@@H]4O[C@@H](C)[C@@H](O)[C@@H](O)[C@@H]4O)[C@H]3NC(C)=O)[C@H]2O)[C@@H]1O. The van der Waals surface area contributed by atoms with E-state index in [1.54, 1.807) is 0 Å². The molecule has 11 aliphatic rings. The summed E-state index contributed by atoms with van der Waals surface area (Å²) >= 11 is 0. The molecule has 55 atom stereocenters. The topological polar surface area (TPSA) is 868 Å². The molecule has 11 fully saturated rings. The molecule has 0 aliphatic carbocycles. The molecule has 0 saturated carbocycles. The molecule has 11 heterocycles. The number of carbonyl (C=O) groups is 3. The molecule has 0 aromatic carbocycles. The van der Waals surface area contributed by atoms with Gasteiger partial charge in [0.25, 0.3) is 0 Å². The van der Waals surface area contributed by atoms with Crippen molar-refractivity contribution in [1.29, 1.82) is 0 Å². The number of rotatable bonds is 31. The third-order valence-corrected chi connectivity index (χ3v) is 24.1. The third-order valence-electron chi connectivity index (χ3n) is 24.1. The monoisotopic (exact) mass is 1880 g/mol. The van der Waals surface area contributed by atoms with Gasteiger partial charge in [-0.1, -0.05) is 0 Å². The van der Waals surface area contributed by atoms with Crippen molar-refractivity contribution >= 4 is 17.7 Å². The molecule has 3 amide bonds. The van der Waals surface area contributed by atoms with Crippen LogP contribution in [0.5, 0.6) is 0 Å². The first-order valence-electron chi connectivity index (χ1n) is 41.2. The summed E-state index contributed by atoms with van der Waals surface area (Å²) in [4.78, 5) is 40.2. The summed E-state index contributed by atoms with van der Waals surface area (Å²) in [6.45, 7) is -2.73. The fourth-order valence-electron chi connectivity index (χ4n) is 16.8. The molecule has 11 aliphatic heterocycles. The Labute approximate surface area is 725 Å². The van der Waals surface area contributed by atoms with E-state index in [2.05, 4.69) is 16.0 Å². The van der Waals surface area contributed by atoms with Crippen molar-refractivity contribution in [3.05, 3.63) is 0 Å². The van der Waals surface area contributed by atoms with E-state index in [1.807, 2.05) is 0 Å². The lowest BCUT2D eigenvalue weighted by Gasteiger charge is -2.52. The zero-order chi connectivity index (χ0) is 94.1. The number of ether oxygens (including phenoxy) is 21. The van der Waals surface area contributed by atoms with E-state index in [4.69, 9.17) is 99.5 Å². The number of carbonyl (C=O) groups excluding carboxylic acids is 3. The first-order valence-corrected chi connectivity index (χ1v) is 41.2. The molecule has 56 heteroatoms. The summed E-state index contributed by atoms with van der Waals surface area (Å²) in [6, 6.07) is -6.05. The largest absolute Gasteiger partial charge is 0.394 e. The average Bonchev–Trinajstić information content (AvgIpc) is 0.764. The van der Waals surface area contributed by atoms with Crippen molar-refractivity contribution in [1.82, 2.24) is 16.0 Å². The Bertz CT molecular complexity index is 3460. The van der Waals surface area contributed by atoms with Gasteiger partial charge in [0.15, 0.2) is 69.2 Å². The van der Waals surface area contributed by atoms with Crippen molar-refractivity contribution < 1.29 is 262 Å². The molecule has 0 spiro atoms. The number of aliphatic hydroxyl groups is 29. The first-order chi connectivity index (χ1) is 60.5. The predicted octanol–water partition coefficient (Wildman–Crippen LogP) is -21.5. The molecule has 0 radical (unpaired) electrons. The summed E-state index contributed by atoms with van der Waals surface area (Å²) in [5, 5.41) is 331. The quantitative estimate of drug-likeness (QED) is 0.0306. The zero-order valence-electron chi connectivity index (χ0n) is 69.2. The Morgan fingerprint density at radius 3 is 0.906 bits per heavy atom. The van der Waals surface area contributed by atoms with E-state index in [0.29, 0.717) is 0 Å². The van der Waals surface area contributed by atoms with Crippen LogP contribution in [0.1, 0.15) is 41.5 Å². The maximum absolute atomic E-state index is 13.7. The average molecular weight is 1880 g/mol. The van der Waals surface area contributed by atoms with Gasteiger partial charge in [-0.05, 0) is 20.8 Å². The summed E-state index contributed by atoms with van der Waals surface area (Å²) in [5.41, 5.74) is 0. The summed E-state index contributed by atoms with van der Waals surface area (Å²) in [7, 11) is 0. The van der Waals surface area contributed by atoms with Crippen LogP contribution >= 0.6 is 0 Å². The van der Waals surface area contributed by atoms with E-state index in [0.717, 1.165) is 20.8 Å². The highest BCUT2D eigenvalue weighted by Crippen LogP contribution is 2.42. The van der Waals surface area contributed by atoms with Crippen molar-refractivity contribution in [2.45, 2.75) is 379 Å². The van der Waals surface area contributed by atoms with Gasteiger partial charge >= 0.3 is 0 Å². The standard InChI is InChI=1S/C72H121N3O53/c1-15-32(86)41(95)48(102)66(109-15)122-55-27(13-82)118-65(31(75-20(6)85)57(55)124-72-61(45(99)36(90)22(8-77)116-72)128-68-50(104)43(97)34(88)17(3)111-68)126-59-39(93)28(119-70(52(59)106)121-54-25(11-80)112-62(107)47(101)46(54)100)14-108-63-29(73-18(4)83)40(94)53(26(12-81)117-63)120-69-51(105)58(38(92)24(10-79)114-69)125-64-30(74-19(5)84)56(37(91)23(9-78)113-64)123-71-60(44(98)35(89)21(7-76)115-71)127-67-49(103)42(96)33(87)16(2)110-67/h15-17,21-72,76-82,86-107H,7-14H2,1-6H3,(H,73,83)(H,74,84)(H,75,85)/t15-,16-,17-,21+,22+,23+,24+,25+,26+,27+,28+,29+,30+,31+,32+,33+,34+,35-,36-,37+,38-,39-,40+,41+,42+,43+,44-,45-,46+,47+,48-,49-,50-,51+,52+,53+,54+,55+,56+,57+,58-,59-,60+,61+,62?,63+,64-,65-,66-,67-,68-,69-,70-,71-,72-/m0/s1. The molecule has 1 unspecified atom stereocenters. The number of nitrogens with one attached hydrogen (secondary N) is 3. The smallest absolute Gasteiger partial charge is 0.217 e. The second-order valence-corrected chi connectivity index (χ2v) is 33.0. The minimum absolute atomic E-state index is 0.896. The Hall–Kier alpha value is -3.59. The van der Waals surface area contributed by atoms with Crippen molar-refractivity contribution in [3.63, 3.8) is 0 Å². The minimum atomic E-state index is -2.53. The highest BCUT2D eigenvalue weighted by Gasteiger charge is 2.63. The van der Waals surface area contributed by atoms with Gasteiger partial charge in [0.05, 0.1) is 71.2 Å². The Morgan fingerprint density at radius 2 is 0.492 bits per heavy atom. The van der Waals surface area contributed by atoms with Crippen molar-refractivity contribution in [2.75, 3.05) is 52.9 Å². The van der Waals surface area contributed by atoms with Gasteiger partial charge in [0.1, 0.15) is 250 Å². The van der Waals surface area contributed by atoms with Gasteiger partial charge in [0.2, 0.25) is 17.7 Å². The van der Waals surface area contributed by atoms with Gasteiger partial charge in [-0.25, -0.2) is 0 Å². The molecule has 11 rings (SSSR count). The number of amides is 3. The fourth-order valence-corrected chi connectivity index (χ4v) is 16.8. The lowest BCUT2D eigenvalue weighted by Crippen LogP contribution is -2.71. The normalized spacial score (nSPS) is 51.6. The van der Waals surface area contributed by atoms with E-state index in [-0.39, 0.29) is 0 Å². The third kappa shape index (κ3) is 22.5. The van der Waals surface area contributed by atoms with Gasteiger partial charge in [0, 0.05) is 20.8 Å². The Morgan fingerprint density at radius 1 is 0.219 bits per heavy atom. The second-order valence-electron chi connectivity index (χ2n) is 33.0. The predicted molar refractivity (Wildman–Crippen MR) is 393 cm³/mol. The van der Waals surface area contributed by atoms with Crippen LogP contribution in [0.3, 0.4) is 0 Å². The second kappa shape index (κ2) is 45.1. The highest BCUT2D eigenvalue weighted by atomic mass is 16.8. The Balaban J connectivity index is 0.878. The highest BCUT2D eigenvalue weighted by molar-refractivity contribution is 5.74. The number of hydrogen-bond donors (Lipinski definition) is 32. The van der Waals surface area contributed by atoms with Crippen molar-refractivity contribution in [2.24, 2.45) is 0 Å². The van der Waals surface area contributed by atoms with Crippen LogP contribution < -0.4 is 16.0 Å². The maximum Gasteiger partial charge on any atom is 0.217 e. The molecular weight excluding hydrogens is 1750 g/mol. The Kier molecular flexibility index (Phi) is 37.0. The van der Waals surface area contributed by atoms with Crippen LogP contribution in [0.15, 0.2) is 0 Å². The van der Waals surface area contributed by atoms with Crippen molar-refractivity contribution in [3.8, 4) is 0 Å². The summed E-state index contributed by atoms with van der Waals surface area (Å²) < 4.78 is 126. The number of aliphatic hydroxyl groups excluding tert-OH is 29. The van der Waals surface area contributed by atoms with Crippen LogP contribution in [-0.2, 0) is 114 Å².